The van der Waals surface area contributed by atoms with Gasteiger partial charge in [-0.25, -0.2) is 4.79 Å². The zero-order valence-electron chi connectivity index (χ0n) is 7.54. The first-order valence-electron chi connectivity index (χ1n) is 3.75. The SMILES string of the molecule is CC(=O)ON1C(=O)C[C@H](S(=O)(=O)O)C1=O. The highest BCUT2D eigenvalue weighted by Crippen LogP contribution is 2.19. The maximum Gasteiger partial charge on any atom is 0.330 e. The molecule has 8 nitrogen and oxygen atoms in total. The van der Waals surface area contributed by atoms with E-state index in [0.717, 1.165) is 6.92 Å². The van der Waals surface area contributed by atoms with Crippen LogP contribution in [0.4, 0.5) is 0 Å². The predicted octanol–water partition coefficient (Wildman–Crippen LogP) is -1.52. The Kier molecular flexibility index (Phi) is 2.77. The monoisotopic (exact) mass is 237 g/mol. The van der Waals surface area contributed by atoms with Crippen molar-refractivity contribution < 1.29 is 32.2 Å². The number of imide groups is 1. The van der Waals surface area contributed by atoms with E-state index < -0.39 is 39.6 Å². The Labute approximate surface area is 84.5 Å². The van der Waals surface area contributed by atoms with Crippen molar-refractivity contribution in [2.45, 2.75) is 18.6 Å². The smallest absolute Gasteiger partial charge is 0.330 e. The van der Waals surface area contributed by atoms with Gasteiger partial charge < -0.3 is 4.84 Å². The van der Waals surface area contributed by atoms with Crippen LogP contribution >= 0.6 is 0 Å². The number of hydroxylamine groups is 2. The van der Waals surface area contributed by atoms with Crippen LogP contribution in [0.15, 0.2) is 0 Å². The minimum atomic E-state index is -4.66. The second-order valence-electron chi connectivity index (χ2n) is 2.82. The molecule has 1 rings (SSSR count). The summed E-state index contributed by atoms with van der Waals surface area (Å²) in [6.07, 6.45) is -0.731. The first-order valence-corrected chi connectivity index (χ1v) is 5.25. The Morgan fingerprint density at radius 2 is 2.07 bits per heavy atom. The molecule has 1 fully saturated rings. The summed E-state index contributed by atoms with van der Waals surface area (Å²) in [5, 5.41) is -1.84. The third kappa shape index (κ3) is 2.30. The van der Waals surface area contributed by atoms with Crippen molar-refractivity contribution in [3.8, 4) is 0 Å². The number of carbonyl (C=O) groups excluding carboxylic acids is 3. The lowest BCUT2D eigenvalue weighted by Gasteiger charge is -2.10. The van der Waals surface area contributed by atoms with Crippen molar-refractivity contribution in [1.82, 2.24) is 5.06 Å². The highest BCUT2D eigenvalue weighted by molar-refractivity contribution is 7.87. The molecular formula is C6H7NO7S. The summed E-state index contributed by atoms with van der Waals surface area (Å²) in [5.41, 5.74) is 0. The number of nitrogens with zero attached hydrogens (tertiary/aromatic N) is 1. The van der Waals surface area contributed by atoms with Crippen LogP contribution in [0.2, 0.25) is 0 Å². The van der Waals surface area contributed by atoms with Gasteiger partial charge in [-0.2, -0.15) is 8.42 Å². The number of rotatable bonds is 2. The second kappa shape index (κ2) is 3.59. The molecule has 84 valence electrons. The molecule has 2 amide bonds. The lowest BCUT2D eigenvalue weighted by molar-refractivity contribution is -0.195. The van der Waals surface area contributed by atoms with E-state index in [9.17, 15) is 22.8 Å². The Morgan fingerprint density at radius 3 is 2.40 bits per heavy atom. The molecular weight excluding hydrogens is 230 g/mol. The topological polar surface area (TPSA) is 118 Å². The van der Waals surface area contributed by atoms with Crippen molar-refractivity contribution in [2.75, 3.05) is 0 Å². The Balaban J connectivity index is 2.94. The van der Waals surface area contributed by atoms with Crippen molar-refractivity contribution in [1.29, 1.82) is 0 Å². The molecule has 0 radical (unpaired) electrons. The number of carbonyl (C=O) groups is 3. The van der Waals surface area contributed by atoms with Crippen LogP contribution in [-0.4, -0.2) is 41.1 Å². The van der Waals surface area contributed by atoms with E-state index in [1.165, 1.54) is 0 Å². The zero-order chi connectivity index (χ0) is 11.8. The minimum Gasteiger partial charge on any atom is -0.331 e. The number of amides is 2. The molecule has 0 aliphatic carbocycles. The Bertz CT molecular complexity index is 425. The second-order valence-corrected chi connectivity index (χ2v) is 4.42. The van der Waals surface area contributed by atoms with Crippen LogP contribution in [-0.2, 0) is 29.3 Å². The zero-order valence-corrected chi connectivity index (χ0v) is 8.35. The average molecular weight is 237 g/mol. The molecule has 0 spiro atoms. The first kappa shape index (κ1) is 11.6. The van der Waals surface area contributed by atoms with E-state index in [1.54, 1.807) is 0 Å². The molecule has 0 unspecified atom stereocenters. The third-order valence-corrected chi connectivity index (χ3v) is 2.73. The highest BCUT2D eigenvalue weighted by atomic mass is 32.2. The lowest BCUT2D eigenvalue weighted by Crippen LogP contribution is -2.36. The summed E-state index contributed by atoms with van der Waals surface area (Å²) in [4.78, 5) is 36.9. The summed E-state index contributed by atoms with van der Waals surface area (Å²) >= 11 is 0. The molecule has 1 atom stereocenters. The highest BCUT2D eigenvalue weighted by Gasteiger charge is 2.48. The van der Waals surface area contributed by atoms with Gasteiger partial charge in [0.1, 0.15) is 0 Å². The fourth-order valence-electron chi connectivity index (χ4n) is 1.04. The lowest BCUT2D eigenvalue weighted by atomic mass is 10.4. The average Bonchev–Trinajstić information content (AvgIpc) is 2.30. The van der Waals surface area contributed by atoms with Gasteiger partial charge in [-0.05, 0) is 0 Å². The van der Waals surface area contributed by atoms with Crippen LogP contribution in [0, 0.1) is 0 Å². The summed E-state index contributed by atoms with van der Waals surface area (Å²) < 4.78 is 29.9. The van der Waals surface area contributed by atoms with Crippen molar-refractivity contribution >= 4 is 27.9 Å². The predicted molar refractivity (Wildman–Crippen MR) is 43.6 cm³/mol. The molecule has 15 heavy (non-hydrogen) atoms. The molecule has 0 aromatic heterocycles. The van der Waals surface area contributed by atoms with E-state index in [4.69, 9.17) is 4.55 Å². The molecule has 1 aliphatic heterocycles. The fraction of sp³-hybridized carbons (Fsp3) is 0.500. The van der Waals surface area contributed by atoms with Crippen molar-refractivity contribution in [2.24, 2.45) is 0 Å². The molecule has 0 aromatic carbocycles. The van der Waals surface area contributed by atoms with Gasteiger partial charge in [0.05, 0.1) is 6.42 Å². The summed E-state index contributed by atoms with van der Waals surface area (Å²) in [7, 11) is -4.66. The standard InChI is InChI=1S/C6H7NO7S/c1-3(8)14-7-5(9)2-4(6(7)10)15(11,12)13/h4H,2H2,1H3,(H,11,12,13)/t4-/m0/s1. The minimum absolute atomic E-state index is 0.0424. The molecule has 1 heterocycles. The van der Waals surface area contributed by atoms with Crippen LogP contribution in [0.3, 0.4) is 0 Å². The molecule has 0 bridgehead atoms. The van der Waals surface area contributed by atoms with Gasteiger partial charge in [-0.3, -0.25) is 14.1 Å². The van der Waals surface area contributed by atoms with E-state index in [-0.39, 0.29) is 5.06 Å². The van der Waals surface area contributed by atoms with E-state index >= 15 is 0 Å². The van der Waals surface area contributed by atoms with E-state index in [1.807, 2.05) is 0 Å². The van der Waals surface area contributed by atoms with Gasteiger partial charge in [0.25, 0.3) is 21.9 Å². The summed E-state index contributed by atoms with van der Waals surface area (Å²) in [5.74, 6) is -3.19. The molecule has 1 aliphatic rings. The molecule has 1 N–H and O–H groups in total. The van der Waals surface area contributed by atoms with Crippen LogP contribution < -0.4 is 0 Å². The normalized spacial score (nSPS) is 22.0. The number of hydrogen-bond acceptors (Lipinski definition) is 6. The quantitative estimate of drug-likeness (QED) is 0.457. The Hall–Kier alpha value is -1.48. The molecule has 0 saturated carbocycles. The van der Waals surface area contributed by atoms with E-state index in [2.05, 4.69) is 4.84 Å². The van der Waals surface area contributed by atoms with Crippen molar-refractivity contribution in [3.63, 3.8) is 0 Å². The summed E-state index contributed by atoms with van der Waals surface area (Å²) in [6.45, 7) is 0.946. The Morgan fingerprint density at radius 1 is 1.53 bits per heavy atom. The van der Waals surface area contributed by atoms with Gasteiger partial charge in [-0.15, -0.1) is 5.06 Å². The van der Waals surface area contributed by atoms with Gasteiger partial charge in [0.15, 0.2) is 5.25 Å². The maximum absolute atomic E-state index is 11.2. The fourth-order valence-corrected chi connectivity index (χ4v) is 1.74. The van der Waals surface area contributed by atoms with Crippen LogP contribution in [0.5, 0.6) is 0 Å². The van der Waals surface area contributed by atoms with Crippen LogP contribution in [0.1, 0.15) is 13.3 Å². The van der Waals surface area contributed by atoms with Crippen LogP contribution in [0.25, 0.3) is 0 Å². The summed E-state index contributed by atoms with van der Waals surface area (Å²) in [6, 6.07) is 0. The largest absolute Gasteiger partial charge is 0.331 e. The van der Waals surface area contributed by atoms with Gasteiger partial charge in [-0.1, -0.05) is 0 Å². The van der Waals surface area contributed by atoms with Gasteiger partial charge in [0.2, 0.25) is 0 Å². The van der Waals surface area contributed by atoms with Gasteiger partial charge in [0, 0.05) is 6.92 Å². The first-order chi connectivity index (χ1) is 6.73. The maximum atomic E-state index is 11.2. The van der Waals surface area contributed by atoms with Gasteiger partial charge >= 0.3 is 5.97 Å². The molecule has 0 aromatic rings. The number of hydrogen-bond donors (Lipinski definition) is 1. The third-order valence-electron chi connectivity index (χ3n) is 1.64. The van der Waals surface area contributed by atoms with E-state index in [0.29, 0.717) is 0 Å². The molecule has 9 heteroatoms. The van der Waals surface area contributed by atoms with Crippen molar-refractivity contribution in [3.05, 3.63) is 0 Å². The molecule has 1 saturated heterocycles.